The van der Waals surface area contributed by atoms with E-state index in [1.807, 2.05) is 6.07 Å². The molecule has 1 aromatic rings. The fourth-order valence-corrected chi connectivity index (χ4v) is 2.53. The number of nitrogens with zero attached hydrogens (tertiary/aromatic N) is 1. The van der Waals surface area contributed by atoms with E-state index in [-0.39, 0.29) is 12.2 Å². The topological polar surface area (TPSA) is 79.2 Å². The Labute approximate surface area is 127 Å². The van der Waals surface area contributed by atoms with Gasteiger partial charge in [0, 0.05) is 11.6 Å². The number of esters is 1. The van der Waals surface area contributed by atoms with Crippen molar-refractivity contribution in [2.24, 2.45) is 5.92 Å². The average Bonchev–Trinajstić information content (AvgIpc) is 2.47. The van der Waals surface area contributed by atoms with Gasteiger partial charge in [-0.3, -0.25) is 4.79 Å². The molecule has 0 aromatic heterocycles. The standard InChI is InChI=1S/C16H15FN2O3/c1-3-22-16(21)13-9(2)19-15(20)12(8-18)14(13)10-4-6-11(17)7-5-10/h4-7,12,14H,3H2,1-2H3,(H,19,20). The van der Waals surface area contributed by atoms with Crippen LogP contribution in [0.5, 0.6) is 0 Å². The number of carbonyl (C=O) groups excluding carboxylic acids is 2. The first-order chi connectivity index (χ1) is 10.5. The first kappa shape index (κ1) is 15.7. The van der Waals surface area contributed by atoms with Crippen molar-refractivity contribution in [2.45, 2.75) is 19.8 Å². The smallest absolute Gasteiger partial charge is 0.336 e. The van der Waals surface area contributed by atoms with Gasteiger partial charge in [0.15, 0.2) is 0 Å². The van der Waals surface area contributed by atoms with Gasteiger partial charge < -0.3 is 10.1 Å². The quantitative estimate of drug-likeness (QED) is 0.866. The highest BCUT2D eigenvalue weighted by Crippen LogP contribution is 2.37. The van der Waals surface area contributed by atoms with Gasteiger partial charge in [0.25, 0.3) is 0 Å². The molecule has 0 saturated heterocycles. The summed E-state index contributed by atoms with van der Waals surface area (Å²) in [5.74, 6) is -3.36. The Bertz CT molecular complexity index is 674. The number of nitriles is 1. The molecule has 1 N–H and O–H groups in total. The summed E-state index contributed by atoms with van der Waals surface area (Å²) in [4.78, 5) is 24.2. The van der Waals surface area contributed by atoms with Crippen LogP contribution in [-0.4, -0.2) is 18.5 Å². The minimum atomic E-state index is -1.08. The minimum absolute atomic E-state index is 0.177. The number of benzene rings is 1. The van der Waals surface area contributed by atoms with Gasteiger partial charge in [-0.05, 0) is 31.5 Å². The number of carbonyl (C=O) groups is 2. The van der Waals surface area contributed by atoms with Crippen LogP contribution in [0.15, 0.2) is 35.5 Å². The number of halogens is 1. The fraction of sp³-hybridized carbons (Fsp3) is 0.312. The number of hydrogen-bond donors (Lipinski definition) is 1. The van der Waals surface area contributed by atoms with Crippen LogP contribution in [0, 0.1) is 23.1 Å². The predicted molar refractivity (Wildman–Crippen MR) is 75.7 cm³/mol. The zero-order chi connectivity index (χ0) is 16.3. The summed E-state index contributed by atoms with van der Waals surface area (Å²) in [7, 11) is 0. The van der Waals surface area contributed by atoms with Gasteiger partial charge >= 0.3 is 5.97 Å². The largest absolute Gasteiger partial charge is 0.463 e. The van der Waals surface area contributed by atoms with E-state index in [0.29, 0.717) is 11.3 Å². The van der Waals surface area contributed by atoms with E-state index >= 15 is 0 Å². The zero-order valence-corrected chi connectivity index (χ0v) is 12.2. The molecular weight excluding hydrogens is 287 g/mol. The van der Waals surface area contributed by atoms with Crippen LogP contribution in [0.1, 0.15) is 25.3 Å². The molecule has 2 rings (SSSR count). The van der Waals surface area contributed by atoms with Crippen molar-refractivity contribution in [1.82, 2.24) is 5.32 Å². The molecule has 0 saturated carbocycles. The summed E-state index contributed by atoms with van der Waals surface area (Å²) in [6, 6.07) is 7.31. The third-order valence-electron chi connectivity index (χ3n) is 3.51. The molecule has 2 unspecified atom stereocenters. The first-order valence-electron chi connectivity index (χ1n) is 6.83. The molecule has 22 heavy (non-hydrogen) atoms. The minimum Gasteiger partial charge on any atom is -0.463 e. The second-order valence-corrected chi connectivity index (χ2v) is 4.88. The highest BCUT2D eigenvalue weighted by atomic mass is 19.1. The second-order valence-electron chi connectivity index (χ2n) is 4.88. The molecule has 1 amide bonds. The van der Waals surface area contributed by atoms with Crippen molar-refractivity contribution < 1.29 is 18.7 Å². The second kappa shape index (κ2) is 6.39. The summed E-state index contributed by atoms with van der Waals surface area (Å²) >= 11 is 0. The van der Waals surface area contributed by atoms with Crippen LogP contribution in [0.25, 0.3) is 0 Å². The maximum atomic E-state index is 13.1. The maximum absolute atomic E-state index is 13.1. The molecule has 1 heterocycles. The van der Waals surface area contributed by atoms with Crippen LogP contribution in [0.2, 0.25) is 0 Å². The summed E-state index contributed by atoms with van der Waals surface area (Å²) < 4.78 is 18.1. The van der Waals surface area contributed by atoms with Gasteiger partial charge in [0.05, 0.1) is 18.2 Å². The molecular formula is C16H15FN2O3. The van der Waals surface area contributed by atoms with Crippen molar-refractivity contribution in [1.29, 1.82) is 5.26 Å². The SMILES string of the molecule is CCOC(=O)C1=C(C)NC(=O)C(C#N)C1c1ccc(F)cc1. The maximum Gasteiger partial charge on any atom is 0.336 e. The van der Waals surface area contributed by atoms with Gasteiger partial charge in [-0.2, -0.15) is 5.26 Å². The number of nitrogens with one attached hydrogen (secondary N) is 1. The van der Waals surface area contributed by atoms with Crippen molar-refractivity contribution in [3.8, 4) is 6.07 Å². The number of ether oxygens (including phenoxy) is 1. The summed E-state index contributed by atoms with van der Waals surface area (Å²) in [5, 5.41) is 11.8. The Balaban J connectivity index is 2.57. The van der Waals surface area contributed by atoms with Crippen LogP contribution < -0.4 is 5.32 Å². The van der Waals surface area contributed by atoms with E-state index in [4.69, 9.17) is 4.74 Å². The number of hydrogen-bond acceptors (Lipinski definition) is 4. The van der Waals surface area contributed by atoms with Crippen molar-refractivity contribution in [2.75, 3.05) is 6.61 Å². The molecule has 2 atom stereocenters. The third-order valence-corrected chi connectivity index (χ3v) is 3.51. The van der Waals surface area contributed by atoms with E-state index in [9.17, 15) is 19.2 Å². The van der Waals surface area contributed by atoms with Crippen LogP contribution in [0.3, 0.4) is 0 Å². The van der Waals surface area contributed by atoms with E-state index < -0.39 is 29.5 Å². The molecule has 6 heteroatoms. The average molecular weight is 302 g/mol. The molecule has 0 bridgehead atoms. The molecule has 114 valence electrons. The van der Waals surface area contributed by atoms with Crippen LogP contribution >= 0.6 is 0 Å². The van der Waals surface area contributed by atoms with Gasteiger partial charge in [-0.15, -0.1) is 0 Å². The molecule has 5 nitrogen and oxygen atoms in total. The number of amides is 1. The Kier molecular flexibility index (Phi) is 4.56. The van der Waals surface area contributed by atoms with Crippen molar-refractivity contribution >= 4 is 11.9 Å². The van der Waals surface area contributed by atoms with Crippen LogP contribution in [0.4, 0.5) is 4.39 Å². The molecule has 0 radical (unpaired) electrons. The lowest BCUT2D eigenvalue weighted by Gasteiger charge is -2.30. The van der Waals surface area contributed by atoms with Gasteiger partial charge in [0.2, 0.25) is 5.91 Å². The predicted octanol–water partition coefficient (Wildman–Crippen LogP) is 2.02. The fourth-order valence-electron chi connectivity index (χ4n) is 2.53. The summed E-state index contributed by atoms with van der Waals surface area (Å²) in [6.07, 6.45) is 0. The third kappa shape index (κ3) is 2.84. The Morgan fingerprint density at radius 1 is 1.41 bits per heavy atom. The van der Waals surface area contributed by atoms with Gasteiger partial charge in [0.1, 0.15) is 11.7 Å². The van der Waals surface area contributed by atoms with Gasteiger partial charge in [-0.25, -0.2) is 9.18 Å². The van der Waals surface area contributed by atoms with E-state index in [0.717, 1.165) is 0 Å². The Morgan fingerprint density at radius 3 is 2.59 bits per heavy atom. The molecule has 1 aliphatic heterocycles. The number of rotatable bonds is 3. The molecule has 0 spiro atoms. The summed E-state index contributed by atoms with van der Waals surface area (Å²) in [6.45, 7) is 3.43. The lowest BCUT2D eigenvalue weighted by Crippen LogP contribution is -2.41. The lowest BCUT2D eigenvalue weighted by atomic mass is 9.77. The van der Waals surface area contributed by atoms with Crippen molar-refractivity contribution in [3.05, 3.63) is 46.9 Å². The van der Waals surface area contributed by atoms with Crippen molar-refractivity contribution in [3.63, 3.8) is 0 Å². The zero-order valence-electron chi connectivity index (χ0n) is 12.2. The molecule has 1 aliphatic rings. The molecule has 1 aromatic carbocycles. The first-order valence-corrected chi connectivity index (χ1v) is 6.83. The van der Waals surface area contributed by atoms with E-state index in [2.05, 4.69) is 5.32 Å². The molecule has 0 aliphatic carbocycles. The van der Waals surface area contributed by atoms with E-state index in [1.165, 1.54) is 24.3 Å². The Hall–Kier alpha value is -2.68. The van der Waals surface area contributed by atoms with E-state index in [1.54, 1.807) is 13.8 Å². The van der Waals surface area contributed by atoms with Crippen LogP contribution in [-0.2, 0) is 14.3 Å². The highest BCUT2D eigenvalue weighted by molar-refractivity contribution is 5.97. The highest BCUT2D eigenvalue weighted by Gasteiger charge is 2.41. The monoisotopic (exact) mass is 302 g/mol. The summed E-state index contributed by atoms with van der Waals surface area (Å²) in [5.41, 5.74) is 1.09. The number of allylic oxidation sites excluding steroid dienone is 1. The lowest BCUT2D eigenvalue weighted by molar-refractivity contribution is -0.139. The molecule has 0 fully saturated rings. The van der Waals surface area contributed by atoms with Gasteiger partial charge in [-0.1, -0.05) is 12.1 Å². The normalized spacial score (nSPS) is 21.1. The Morgan fingerprint density at radius 2 is 2.05 bits per heavy atom.